The lowest BCUT2D eigenvalue weighted by molar-refractivity contribution is 0.281. The van der Waals surface area contributed by atoms with E-state index >= 15 is 0 Å². The highest BCUT2D eigenvalue weighted by Crippen LogP contribution is 2.21. The largest absolute Gasteiger partial charge is 0.392 e. The summed E-state index contributed by atoms with van der Waals surface area (Å²) < 4.78 is 53.0. The molecule has 2 N–H and O–H groups in total. The summed E-state index contributed by atoms with van der Waals surface area (Å²) >= 11 is 0. The standard InChI is InChI=1S/C13H12F2N2O3S/c1-8-4-11(15)12(5-10(8)14)17-21(19,20)13-3-2-9(7-18)6-16-13/h2-6,17-18H,7H2,1H3. The minimum Gasteiger partial charge on any atom is -0.392 e. The van der Waals surface area contributed by atoms with Gasteiger partial charge < -0.3 is 5.11 Å². The summed E-state index contributed by atoms with van der Waals surface area (Å²) in [7, 11) is -4.14. The van der Waals surface area contributed by atoms with E-state index in [-0.39, 0.29) is 17.2 Å². The van der Waals surface area contributed by atoms with Gasteiger partial charge in [-0.3, -0.25) is 4.72 Å². The zero-order chi connectivity index (χ0) is 15.6. The summed E-state index contributed by atoms with van der Waals surface area (Å²) in [5, 5.41) is 8.50. The first-order chi connectivity index (χ1) is 9.83. The molecular weight excluding hydrogens is 302 g/mol. The Morgan fingerprint density at radius 2 is 1.95 bits per heavy atom. The molecule has 0 radical (unpaired) electrons. The third-order valence-electron chi connectivity index (χ3n) is 2.75. The molecule has 5 nitrogen and oxygen atoms in total. The molecule has 0 atom stereocenters. The second-order valence-electron chi connectivity index (χ2n) is 4.35. The number of hydrogen-bond donors (Lipinski definition) is 2. The molecule has 8 heteroatoms. The number of benzene rings is 1. The summed E-state index contributed by atoms with van der Waals surface area (Å²) in [4.78, 5) is 3.66. The Kier molecular flexibility index (Phi) is 4.19. The molecule has 1 aromatic heterocycles. The van der Waals surface area contributed by atoms with E-state index in [2.05, 4.69) is 4.98 Å². The molecule has 21 heavy (non-hydrogen) atoms. The maximum absolute atomic E-state index is 13.6. The highest BCUT2D eigenvalue weighted by atomic mass is 32.2. The van der Waals surface area contributed by atoms with Crippen molar-refractivity contribution in [2.75, 3.05) is 4.72 Å². The first kappa shape index (κ1) is 15.3. The molecule has 1 heterocycles. The molecule has 2 aromatic rings. The van der Waals surface area contributed by atoms with Crippen LogP contribution in [0.25, 0.3) is 0 Å². The molecule has 0 aliphatic heterocycles. The summed E-state index contributed by atoms with van der Waals surface area (Å²) in [5.41, 5.74) is 0.00789. The second-order valence-corrected chi connectivity index (χ2v) is 5.98. The van der Waals surface area contributed by atoms with Gasteiger partial charge in [-0.1, -0.05) is 6.07 Å². The van der Waals surface area contributed by atoms with Crippen molar-refractivity contribution >= 4 is 15.7 Å². The van der Waals surface area contributed by atoms with Crippen LogP contribution in [-0.4, -0.2) is 18.5 Å². The number of aromatic nitrogens is 1. The maximum atomic E-state index is 13.6. The predicted molar refractivity (Wildman–Crippen MR) is 72.1 cm³/mol. The van der Waals surface area contributed by atoms with Crippen molar-refractivity contribution in [2.45, 2.75) is 18.6 Å². The quantitative estimate of drug-likeness (QED) is 0.904. The SMILES string of the molecule is Cc1cc(F)c(NS(=O)(=O)c2ccc(CO)cn2)cc1F. The van der Waals surface area contributed by atoms with Crippen molar-refractivity contribution in [3.8, 4) is 0 Å². The number of rotatable bonds is 4. The molecule has 0 saturated heterocycles. The second kappa shape index (κ2) is 5.74. The van der Waals surface area contributed by atoms with Gasteiger partial charge in [0.25, 0.3) is 10.0 Å². The predicted octanol–water partition coefficient (Wildman–Crippen LogP) is 1.96. The van der Waals surface area contributed by atoms with Crippen LogP contribution in [0.3, 0.4) is 0 Å². The van der Waals surface area contributed by atoms with E-state index in [1.807, 2.05) is 4.72 Å². The number of aryl methyl sites for hydroxylation is 1. The number of aliphatic hydroxyl groups is 1. The van der Waals surface area contributed by atoms with Gasteiger partial charge in [0.2, 0.25) is 0 Å². The van der Waals surface area contributed by atoms with Gasteiger partial charge in [0.05, 0.1) is 12.3 Å². The van der Waals surface area contributed by atoms with Crippen LogP contribution < -0.4 is 4.72 Å². The molecule has 0 amide bonds. The van der Waals surface area contributed by atoms with Gasteiger partial charge in [-0.2, -0.15) is 8.42 Å². The number of nitrogens with one attached hydrogen (secondary N) is 1. The number of pyridine rings is 1. The van der Waals surface area contributed by atoms with E-state index in [9.17, 15) is 17.2 Å². The Bertz CT molecular complexity index is 762. The number of aliphatic hydroxyl groups excluding tert-OH is 1. The third-order valence-corrected chi connectivity index (χ3v) is 4.03. The monoisotopic (exact) mass is 314 g/mol. The van der Waals surface area contributed by atoms with Gasteiger partial charge in [-0.05, 0) is 30.2 Å². The van der Waals surface area contributed by atoms with E-state index in [4.69, 9.17) is 5.11 Å². The molecule has 0 aliphatic carbocycles. The zero-order valence-electron chi connectivity index (χ0n) is 11.0. The number of nitrogens with zero attached hydrogens (tertiary/aromatic N) is 1. The Balaban J connectivity index is 2.34. The van der Waals surface area contributed by atoms with Crippen LogP contribution in [0.5, 0.6) is 0 Å². The van der Waals surface area contributed by atoms with Crippen LogP contribution in [0, 0.1) is 18.6 Å². The molecule has 0 saturated carbocycles. The van der Waals surface area contributed by atoms with Crippen molar-refractivity contribution < 1.29 is 22.3 Å². The van der Waals surface area contributed by atoms with E-state index in [1.54, 1.807) is 0 Å². The van der Waals surface area contributed by atoms with E-state index < -0.39 is 27.3 Å². The van der Waals surface area contributed by atoms with Gasteiger partial charge >= 0.3 is 0 Å². The lowest BCUT2D eigenvalue weighted by Gasteiger charge is -2.09. The van der Waals surface area contributed by atoms with Crippen LogP contribution in [0.2, 0.25) is 0 Å². The summed E-state index contributed by atoms with van der Waals surface area (Å²) in [5.74, 6) is -1.61. The molecule has 0 spiro atoms. The highest BCUT2D eigenvalue weighted by Gasteiger charge is 2.18. The Morgan fingerprint density at radius 1 is 1.24 bits per heavy atom. The fourth-order valence-corrected chi connectivity index (χ4v) is 2.57. The van der Waals surface area contributed by atoms with Crippen LogP contribution in [0.4, 0.5) is 14.5 Å². The Labute approximate surface area is 120 Å². The summed E-state index contributed by atoms with van der Waals surface area (Å²) in [6.07, 6.45) is 1.18. The Morgan fingerprint density at radius 3 is 2.52 bits per heavy atom. The smallest absolute Gasteiger partial charge is 0.279 e. The molecule has 0 fully saturated rings. The highest BCUT2D eigenvalue weighted by molar-refractivity contribution is 7.92. The van der Waals surface area contributed by atoms with E-state index in [0.29, 0.717) is 5.56 Å². The molecule has 0 bridgehead atoms. The molecular formula is C13H12F2N2O3S. The average molecular weight is 314 g/mol. The molecule has 0 aliphatic rings. The lowest BCUT2D eigenvalue weighted by atomic mass is 10.2. The number of hydrogen-bond acceptors (Lipinski definition) is 4. The summed E-state index contributed by atoms with van der Waals surface area (Å²) in [6.45, 7) is 1.09. The third kappa shape index (κ3) is 3.34. The van der Waals surface area contributed by atoms with Crippen LogP contribution >= 0.6 is 0 Å². The summed E-state index contributed by atoms with van der Waals surface area (Å²) in [6, 6.07) is 4.20. The van der Waals surface area contributed by atoms with E-state index in [1.165, 1.54) is 19.2 Å². The first-order valence-electron chi connectivity index (χ1n) is 5.88. The minimum absolute atomic E-state index is 0.0703. The zero-order valence-corrected chi connectivity index (χ0v) is 11.8. The fraction of sp³-hybridized carbons (Fsp3) is 0.154. The fourth-order valence-electron chi connectivity index (χ4n) is 1.58. The molecule has 2 rings (SSSR count). The van der Waals surface area contributed by atoms with Gasteiger partial charge in [0.1, 0.15) is 11.6 Å². The van der Waals surface area contributed by atoms with Crippen molar-refractivity contribution in [1.29, 1.82) is 0 Å². The average Bonchev–Trinajstić information content (AvgIpc) is 2.44. The van der Waals surface area contributed by atoms with Crippen LogP contribution in [-0.2, 0) is 16.6 Å². The topological polar surface area (TPSA) is 79.3 Å². The van der Waals surface area contributed by atoms with Crippen LogP contribution in [0.15, 0.2) is 35.5 Å². The molecule has 112 valence electrons. The molecule has 0 unspecified atom stereocenters. The molecule has 1 aromatic carbocycles. The van der Waals surface area contributed by atoms with Crippen LogP contribution in [0.1, 0.15) is 11.1 Å². The van der Waals surface area contributed by atoms with Gasteiger partial charge in [0.15, 0.2) is 5.03 Å². The maximum Gasteiger partial charge on any atom is 0.279 e. The lowest BCUT2D eigenvalue weighted by Crippen LogP contribution is -2.16. The number of halogens is 2. The van der Waals surface area contributed by atoms with Gasteiger partial charge in [-0.15, -0.1) is 0 Å². The van der Waals surface area contributed by atoms with Crippen molar-refractivity contribution in [3.05, 3.63) is 53.2 Å². The number of anilines is 1. The van der Waals surface area contributed by atoms with Crippen molar-refractivity contribution in [2.24, 2.45) is 0 Å². The Hall–Kier alpha value is -2.06. The van der Waals surface area contributed by atoms with Gasteiger partial charge in [-0.25, -0.2) is 13.8 Å². The number of sulfonamides is 1. The first-order valence-corrected chi connectivity index (χ1v) is 7.36. The van der Waals surface area contributed by atoms with Gasteiger partial charge in [0, 0.05) is 12.3 Å². The van der Waals surface area contributed by atoms with Crippen molar-refractivity contribution in [1.82, 2.24) is 4.98 Å². The minimum atomic E-state index is -4.14. The van der Waals surface area contributed by atoms with Crippen molar-refractivity contribution in [3.63, 3.8) is 0 Å². The normalized spacial score (nSPS) is 11.4. The van der Waals surface area contributed by atoms with E-state index in [0.717, 1.165) is 18.2 Å².